The van der Waals surface area contributed by atoms with Crippen molar-refractivity contribution in [2.45, 2.75) is 6.54 Å². The van der Waals surface area contributed by atoms with E-state index < -0.39 is 5.97 Å². The molecule has 1 saturated heterocycles. The minimum Gasteiger partial charge on any atom is -0.467 e. The number of benzene rings is 1. The summed E-state index contributed by atoms with van der Waals surface area (Å²) in [6, 6.07) is 9.22. The Morgan fingerprint density at radius 1 is 1.19 bits per heavy atom. The van der Waals surface area contributed by atoms with E-state index in [1.54, 1.807) is 6.07 Å². The highest BCUT2D eigenvalue weighted by atomic mass is 16.5. The van der Waals surface area contributed by atoms with Crippen LogP contribution < -0.4 is 0 Å². The van der Waals surface area contributed by atoms with Crippen molar-refractivity contribution in [3.8, 4) is 0 Å². The van der Waals surface area contributed by atoms with Crippen LogP contribution in [0.5, 0.6) is 0 Å². The van der Waals surface area contributed by atoms with E-state index >= 15 is 0 Å². The number of piperazine rings is 1. The van der Waals surface area contributed by atoms with Crippen LogP contribution in [-0.4, -0.2) is 65.2 Å². The first-order valence-electron chi connectivity index (χ1n) is 8.77. The molecule has 8 heteroatoms. The molecule has 1 amide bonds. The van der Waals surface area contributed by atoms with Gasteiger partial charge in [0.15, 0.2) is 5.69 Å². The fourth-order valence-electron chi connectivity index (χ4n) is 3.34. The molecule has 1 aliphatic rings. The first kappa shape index (κ1) is 17.3. The number of hydrogen-bond donors (Lipinski definition) is 1. The number of rotatable bonds is 4. The third-order valence-electron chi connectivity index (χ3n) is 4.85. The lowest BCUT2D eigenvalue weighted by Crippen LogP contribution is -2.48. The summed E-state index contributed by atoms with van der Waals surface area (Å²) >= 11 is 0. The number of para-hydroxylation sites is 1. The normalized spacial score (nSPS) is 15.2. The molecule has 0 atom stereocenters. The van der Waals surface area contributed by atoms with Crippen LogP contribution in [0.3, 0.4) is 0 Å². The molecule has 0 radical (unpaired) electrons. The van der Waals surface area contributed by atoms with Gasteiger partial charge in [0.1, 0.15) is 11.3 Å². The molecular formula is C19H20N4O4. The number of aromatic nitrogens is 2. The van der Waals surface area contributed by atoms with Gasteiger partial charge in [0, 0.05) is 31.6 Å². The van der Waals surface area contributed by atoms with Crippen LogP contribution in [-0.2, 0) is 11.3 Å². The molecule has 0 aliphatic carbocycles. The lowest BCUT2D eigenvalue weighted by atomic mass is 10.2. The fraction of sp³-hybridized carbons (Fsp3) is 0.316. The molecule has 0 saturated carbocycles. The number of carbonyl (C=O) groups excluding carboxylic acids is 2. The monoisotopic (exact) mass is 368 g/mol. The number of fused-ring (bicyclic) bond motifs is 1. The molecule has 4 rings (SSSR count). The third-order valence-corrected chi connectivity index (χ3v) is 4.85. The highest BCUT2D eigenvalue weighted by molar-refractivity contribution is 6.04. The van der Waals surface area contributed by atoms with E-state index in [9.17, 15) is 9.59 Å². The Morgan fingerprint density at radius 3 is 2.74 bits per heavy atom. The quantitative estimate of drug-likeness (QED) is 0.707. The standard InChI is InChI=1S/C19H20N4O4/c1-26-19(25)14-6-11-27-16(14)12-22-7-9-23(10-8-22)18(24)17-13-4-2-3-5-15(13)20-21-17/h2-6,11H,7-10,12H2,1H3,(H,20,21). The van der Waals surface area contributed by atoms with Crippen molar-refractivity contribution in [3.63, 3.8) is 0 Å². The van der Waals surface area contributed by atoms with E-state index in [1.807, 2.05) is 29.2 Å². The Hall–Kier alpha value is -3.13. The van der Waals surface area contributed by atoms with Crippen LogP contribution in [0.25, 0.3) is 10.9 Å². The SMILES string of the molecule is COC(=O)c1ccoc1CN1CCN(C(=O)c2n[nH]c3ccccc23)CC1. The van der Waals surface area contributed by atoms with Gasteiger partial charge in [-0.1, -0.05) is 18.2 Å². The number of H-pyrrole nitrogens is 1. The van der Waals surface area contributed by atoms with Gasteiger partial charge in [-0.3, -0.25) is 14.8 Å². The van der Waals surface area contributed by atoms with Crippen molar-refractivity contribution in [1.29, 1.82) is 0 Å². The van der Waals surface area contributed by atoms with Gasteiger partial charge in [0.2, 0.25) is 0 Å². The summed E-state index contributed by atoms with van der Waals surface area (Å²) in [7, 11) is 1.35. The van der Waals surface area contributed by atoms with Crippen molar-refractivity contribution in [1.82, 2.24) is 20.0 Å². The van der Waals surface area contributed by atoms with Crippen molar-refractivity contribution < 1.29 is 18.7 Å². The molecule has 2 aromatic heterocycles. The average molecular weight is 368 g/mol. The van der Waals surface area contributed by atoms with Gasteiger partial charge in [-0.15, -0.1) is 0 Å². The van der Waals surface area contributed by atoms with Crippen LogP contribution in [0, 0.1) is 0 Å². The third kappa shape index (κ3) is 3.31. The molecule has 0 unspecified atom stereocenters. The van der Waals surface area contributed by atoms with Crippen molar-refractivity contribution in [2.24, 2.45) is 0 Å². The molecule has 1 aromatic carbocycles. The molecular weight excluding hydrogens is 348 g/mol. The van der Waals surface area contributed by atoms with Gasteiger partial charge in [0.25, 0.3) is 5.91 Å². The molecule has 1 N–H and O–H groups in total. The predicted octanol–water partition coefficient (Wildman–Crippen LogP) is 1.90. The summed E-state index contributed by atoms with van der Waals surface area (Å²) in [4.78, 5) is 28.5. The number of hydrogen-bond acceptors (Lipinski definition) is 6. The van der Waals surface area contributed by atoms with Crippen LogP contribution in [0.1, 0.15) is 26.6 Å². The maximum absolute atomic E-state index is 12.8. The zero-order valence-electron chi connectivity index (χ0n) is 15.0. The zero-order chi connectivity index (χ0) is 18.8. The van der Waals surface area contributed by atoms with Crippen molar-refractivity contribution >= 4 is 22.8 Å². The molecule has 3 heterocycles. The summed E-state index contributed by atoms with van der Waals surface area (Å²) in [6.07, 6.45) is 1.49. The molecule has 27 heavy (non-hydrogen) atoms. The maximum atomic E-state index is 12.8. The van der Waals surface area contributed by atoms with Crippen LogP contribution >= 0.6 is 0 Å². The number of aromatic amines is 1. The molecule has 0 spiro atoms. The minimum atomic E-state index is -0.405. The van der Waals surface area contributed by atoms with Gasteiger partial charge in [0.05, 0.1) is 25.4 Å². The van der Waals surface area contributed by atoms with Gasteiger partial charge >= 0.3 is 5.97 Å². The smallest absolute Gasteiger partial charge is 0.341 e. The van der Waals surface area contributed by atoms with Crippen LogP contribution in [0.15, 0.2) is 41.0 Å². The summed E-state index contributed by atoms with van der Waals surface area (Å²) in [5, 5.41) is 7.94. The molecule has 140 valence electrons. The first-order valence-corrected chi connectivity index (χ1v) is 8.77. The molecule has 8 nitrogen and oxygen atoms in total. The fourth-order valence-corrected chi connectivity index (χ4v) is 3.34. The second-order valence-corrected chi connectivity index (χ2v) is 6.44. The number of esters is 1. The number of nitrogens with zero attached hydrogens (tertiary/aromatic N) is 3. The van der Waals surface area contributed by atoms with E-state index in [0.29, 0.717) is 49.7 Å². The van der Waals surface area contributed by atoms with E-state index in [4.69, 9.17) is 9.15 Å². The van der Waals surface area contributed by atoms with Crippen molar-refractivity contribution in [3.05, 3.63) is 53.6 Å². The Balaban J connectivity index is 1.40. The maximum Gasteiger partial charge on any atom is 0.341 e. The molecule has 1 fully saturated rings. The Kier molecular flexibility index (Phi) is 4.64. The Labute approximate surface area is 155 Å². The van der Waals surface area contributed by atoms with Gasteiger partial charge in [-0.05, 0) is 12.1 Å². The number of ether oxygens (including phenoxy) is 1. The average Bonchev–Trinajstić information content (AvgIpc) is 3.34. The summed E-state index contributed by atoms with van der Waals surface area (Å²) in [6.45, 7) is 3.07. The zero-order valence-corrected chi connectivity index (χ0v) is 15.0. The first-order chi connectivity index (χ1) is 13.2. The van der Waals surface area contributed by atoms with E-state index in [0.717, 1.165) is 10.9 Å². The Bertz CT molecular complexity index is 969. The predicted molar refractivity (Wildman–Crippen MR) is 97.3 cm³/mol. The van der Waals surface area contributed by atoms with E-state index in [1.165, 1.54) is 13.4 Å². The lowest BCUT2D eigenvalue weighted by molar-refractivity contribution is 0.0589. The van der Waals surface area contributed by atoms with Crippen molar-refractivity contribution in [2.75, 3.05) is 33.3 Å². The van der Waals surface area contributed by atoms with E-state index in [-0.39, 0.29) is 5.91 Å². The summed E-state index contributed by atoms with van der Waals surface area (Å²) in [5.74, 6) is 0.109. The Morgan fingerprint density at radius 2 is 1.96 bits per heavy atom. The second kappa shape index (κ2) is 7.24. The van der Waals surface area contributed by atoms with Gasteiger partial charge < -0.3 is 14.1 Å². The molecule has 0 bridgehead atoms. The number of nitrogens with one attached hydrogen (secondary N) is 1. The number of amides is 1. The lowest BCUT2D eigenvalue weighted by Gasteiger charge is -2.34. The van der Waals surface area contributed by atoms with Crippen LogP contribution in [0.4, 0.5) is 0 Å². The van der Waals surface area contributed by atoms with Crippen LogP contribution in [0.2, 0.25) is 0 Å². The highest BCUT2D eigenvalue weighted by Gasteiger charge is 2.26. The minimum absolute atomic E-state index is 0.0691. The van der Waals surface area contributed by atoms with E-state index in [2.05, 4.69) is 15.1 Å². The topological polar surface area (TPSA) is 91.7 Å². The second-order valence-electron chi connectivity index (χ2n) is 6.44. The number of carbonyl (C=O) groups is 2. The highest BCUT2D eigenvalue weighted by Crippen LogP contribution is 2.19. The number of furan rings is 1. The number of methoxy groups -OCH3 is 1. The van der Waals surface area contributed by atoms with Gasteiger partial charge in [-0.25, -0.2) is 4.79 Å². The summed E-state index contributed by atoms with van der Waals surface area (Å²) < 4.78 is 10.2. The largest absolute Gasteiger partial charge is 0.467 e. The van der Waals surface area contributed by atoms with Gasteiger partial charge in [-0.2, -0.15) is 5.10 Å². The molecule has 3 aromatic rings. The summed E-state index contributed by atoms with van der Waals surface area (Å²) in [5.41, 5.74) is 1.75. The molecule has 1 aliphatic heterocycles.